The summed E-state index contributed by atoms with van der Waals surface area (Å²) in [6.07, 6.45) is 0.653. The molecule has 1 aliphatic carbocycles. The second kappa shape index (κ2) is 6.84. The zero-order chi connectivity index (χ0) is 19.0. The molecule has 27 heavy (non-hydrogen) atoms. The van der Waals surface area contributed by atoms with Gasteiger partial charge in [0.15, 0.2) is 0 Å². The topological polar surface area (TPSA) is 55.5 Å². The van der Waals surface area contributed by atoms with Crippen LogP contribution in [-0.2, 0) is 23.4 Å². The molecule has 0 radical (unpaired) electrons. The molecule has 0 spiro atoms. The van der Waals surface area contributed by atoms with Crippen molar-refractivity contribution in [1.29, 1.82) is 0 Å². The van der Waals surface area contributed by atoms with Gasteiger partial charge in [-0.1, -0.05) is 66.7 Å². The van der Waals surface area contributed by atoms with E-state index in [1.54, 1.807) is 0 Å². The molecule has 4 rings (SSSR count). The molecule has 0 fully saturated rings. The van der Waals surface area contributed by atoms with E-state index in [1.165, 1.54) is 0 Å². The van der Waals surface area contributed by atoms with E-state index in [-0.39, 0.29) is 0 Å². The standard InChI is InChI=1S/C24H25NO2/c1-16-13-17(2)22(26)21-20(16)14-24(23(21)25,19-11-7-4-8-12-19)27-15-18-9-5-3-6-10-18/h3-13,23,26H,14-15,25H2,1-2H3. The molecule has 0 bridgehead atoms. The normalized spacial score (nSPS) is 21.2. The molecular formula is C24H25NO2. The first-order chi connectivity index (χ1) is 13.0. The lowest BCUT2D eigenvalue weighted by atomic mass is 9.86. The number of benzene rings is 3. The van der Waals surface area contributed by atoms with Gasteiger partial charge in [0.2, 0.25) is 0 Å². The van der Waals surface area contributed by atoms with Crippen LogP contribution in [0.2, 0.25) is 0 Å². The Balaban J connectivity index is 1.80. The summed E-state index contributed by atoms with van der Waals surface area (Å²) < 4.78 is 6.57. The van der Waals surface area contributed by atoms with E-state index < -0.39 is 11.6 Å². The van der Waals surface area contributed by atoms with Crippen molar-refractivity contribution in [2.75, 3.05) is 0 Å². The highest BCUT2D eigenvalue weighted by molar-refractivity contribution is 5.56. The van der Waals surface area contributed by atoms with Gasteiger partial charge in [-0.25, -0.2) is 0 Å². The molecule has 0 aromatic heterocycles. The van der Waals surface area contributed by atoms with Gasteiger partial charge in [-0.3, -0.25) is 0 Å². The first-order valence-electron chi connectivity index (χ1n) is 9.34. The van der Waals surface area contributed by atoms with Crippen molar-refractivity contribution in [2.24, 2.45) is 5.73 Å². The van der Waals surface area contributed by atoms with Crippen LogP contribution >= 0.6 is 0 Å². The molecule has 0 amide bonds. The average Bonchev–Trinajstić information content (AvgIpc) is 3.00. The Morgan fingerprint density at radius 2 is 1.63 bits per heavy atom. The van der Waals surface area contributed by atoms with Crippen LogP contribution < -0.4 is 5.73 Å². The number of hydrogen-bond acceptors (Lipinski definition) is 3. The lowest BCUT2D eigenvalue weighted by Crippen LogP contribution is -2.38. The Kier molecular flexibility index (Phi) is 4.50. The number of phenols is 1. The van der Waals surface area contributed by atoms with Gasteiger partial charge in [0, 0.05) is 12.0 Å². The third-order valence-corrected chi connectivity index (χ3v) is 5.72. The van der Waals surface area contributed by atoms with E-state index in [2.05, 4.69) is 31.2 Å². The Morgan fingerprint density at radius 3 is 2.30 bits per heavy atom. The molecule has 1 aliphatic rings. The molecule has 0 saturated carbocycles. The highest BCUT2D eigenvalue weighted by atomic mass is 16.5. The number of fused-ring (bicyclic) bond motifs is 1. The summed E-state index contributed by atoms with van der Waals surface area (Å²) in [5, 5.41) is 10.7. The van der Waals surface area contributed by atoms with Crippen molar-refractivity contribution in [3.63, 3.8) is 0 Å². The van der Waals surface area contributed by atoms with Gasteiger partial charge in [-0.2, -0.15) is 0 Å². The second-order valence-corrected chi connectivity index (χ2v) is 7.44. The maximum atomic E-state index is 10.7. The van der Waals surface area contributed by atoms with Crippen LogP contribution in [0.15, 0.2) is 66.7 Å². The summed E-state index contributed by atoms with van der Waals surface area (Å²) in [7, 11) is 0. The van der Waals surface area contributed by atoms with Crippen LogP contribution in [0.3, 0.4) is 0 Å². The van der Waals surface area contributed by atoms with Gasteiger partial charge in [-0.15, -0.1) is 0 Å². The second-order valence-electron chi connectivity index (χ2n) is 7.44. The van der Waals surface area contributed by atoms with Gasteiger partial charge >= 0.3 is 0 Å². The van der Waals surface area contributed by atoms with E-state index in [1.807, 2.05) is 49.4 Å². The van der Waals surface area contributed by atoms with Crippen LogP contribution in [0.1, 0.15) is 39.4 Å². The van der Waals surface area contributed by atoms with E-state index >= 15 is 0 Å². The average molecular weight is 359 g/mol. The number of aryl methyl sites for hydroxylation is 2. The highest BCUT2D eigenvalue weighted by Crippen LogP contribution is 2.52. The molecule has 2 unspecified atom stereocenters. The Labute approximate surface area is 160 Å². The first kappa shape index (κ1) is 17.8. The molecule has 2 atom stereocenters. The first-order valence-corrected chi connectivity index (χ1v) is 9.34. The Bertz CT molecular complexity index is 953. The third kappa shape index (κ3) is 2.93. The number of rotatable bonds is 4. The maximum Gasteiger partial charge on any atom is 0.123 e. The van der Waals surface area contributed by atoms with Gasteiger partial charge in [0.05, 0.1) is 12.6 Å². The zero-order valence-electron chi connectivity index (χ0n) is 15.8. The molecule has 3 aromatic rings. The molecular weight excluding hydrogens is 334 g/mol. The Hall–Kier alpha value is -2.62. The van der Waals surface area contributed by atoms with Crippen LogP contribution in [0.5, 0.6) is 5.75 Å². The SMILES string of the molecule is Cc1cc(C)c2c(c1O)C(N)C(OCc1ccccc1)(c1ccccc1)C2. The summed E-state index contributed by atoms with van der Waals surface area (Å²) in [5.41, 5.74) is 12.2. The fraction of sp³-hybridized carbons (Fsp3) is 0.250. The Morgan fingerprint density at radius 1 is 1.00 bits per heavy atom. The van der Waals surface area contributed by atoms with E-state index in [0.29, 0.717) is 18.8 Å². The minimum atomic E-state index is -0.699. The monoisotopic (exact) mass is 359 g/mol. The third-order valence-electron chi connectivity index (χ3n) is 5.72. The van der Waals surface area contributed by atoms with Crippen LogP contribution in [0, 0.1) is 13.8 Å². The minimum Gasteiger partial charge on any atom is -0.507 e. The van der Waals surface area contributed by atoms with Crippen molar-refractivity contribution < 1.29 is 9.84 Å². The fourth-order valence-electron chi connectivity index (χ4n) is 4.24. The van der Waals surface area contributed by atoms with Gasteiger partial charge in [-0.05, 0) is 41.7 Å². The van der Waals surface area contributed by atoms with Crippen molar-refractivity contribution in [1.82, 2.24) is 0 Å². The van der Waals surface area contributed by atoms with Crippen molar-refractivity contribution in [3.8, 4) is 5.75 Å². The molecule has 0 heterocycles. The molecule has 0 aliphatic heterocycles. The fourth-order valence-corrected chi connectivity index (χ4v) is 4.24. The van der Waals surface area contributed by atoms with Crippen molar-refractivity contribution in [2.45, 2.75) is 38.5 Å². The van der Waals surface area contributed by atoms with E-state index in [4.69, 9.17) is 10.5 Å². The van der Waals surface area contributed by atoms with E-state index in [0.717, 1.165) is 33.4 Å². The summed E-state index contributed by atoms with van der Waals surface area (Å²) >= 11 is 0. The summed E-state index contributed by atoms with van der Waals surface area (Å²) in [6, 6.07) is 21.9. The van der Waals surface area contributed by atoms with Crippen molar-refractivity contribution in [3.05, 3.63) is 100 Å². The van der Waals surface area contributed by atoms with E-state index in [9.17, 15) is 5.11 Å². The van der Waals surface area contributed by atoms with Crippen LogP contribution in [0.4, 0.5) is 0 Å². The van der Waals surface area contributed by atoms with Crippen LogP contribution in [-0.4, -0.2) is 5.11 Å². The predicted octanol–water partition coefficient (Wildman–Crippen LogP) is 4.68. The zero-order valence-corrected chi connectivity index (χ0v) is 15.8. The lowest BCUT2D eigenvalue weighted by molar-refractivity contribution is -0.0732. The van der Waals surface area contributed by atoms with Gasteiger partial charge < -0.3 is 15.6 Å². The molecule has 3 aromatic carbocycles. The number of phenolic OH excluding ortho intramolecular Hbond substituents is 1. The predicted molar refractivity (Wildman–Crippen MR) is 108 cm³/mol. The summed E-state index contributed by atoms with van der Waals surface area (Å²) in [5.74, 6) is 0.296. The quantitative estimate of drug-likeness (QED) is 0.711. The smallest absolute Gasteiger partial charge is 0.123 e. The molecule has 138 valence electrons. The molecule has 0 saturated heterocycles. The number of nitrogens with two attached hydrogens (primary N) is 1. The van der Waals surface area contributed by atoms with Crippen molar-refractivity contribution >= 4 is 0 Å². The maximum absolute atomic E-state index is 10.7. The minimum absolute atomic E-state index is 0.296. The largest absolute Gasteiger partial charge is 0.507 e. The highest BCUT2D eigenvalue weighted by Gasteiger charge is 2.49. The summed E-state index contributed by atoms with van der Waals surface area (Å²) in [4.78, 5) is 0. The molecule has 3 nitrogen and oxygen atoms in total. The van der Waals surface area contributed by atoms with Crippen LogP contribution in [0.25, 0.3) is 0 Å². The van der Waals surface area contributed by atoms with Gasteiger partial charge in [0.1, 0.15) is 11.4 Å². The van der Waals surface area contributed by atoms with Gasteiger partial charge in [0.25, 0.3) is 0 Å². The summed E-state index contributed by atoms with van der Waals surface area (Å²) in [6.45, 7) is 4.47. The number of aromatic hydroxyl groups is 1. The number of ether oxygens (including phenoxy) is 1. The lowest BCUT2D eigenvalue weighted by Gasteiger charge is -2.35. The molecule has 3 heteroatoms. The molecule has 3 N–H and O–H groups in total. The number of hydrogen-bond donors (Lipinski definition) is 2.